The summed E-state index contributed by atoms with van der Waals surface area (Å²) in [6.45, 7) is 2.25. The summed E-state index contributed by atoms with van der Waals surface area (Å²) in [4.78, 5) is 0. The Morgan fingerprint density at radius 3 is 1.59 bits per heavy atom. The lowest BCUT2D eigenvalue weighted by atomic mass is 9.94. The summed E-state index contributed by atoms with van der Waals surface area (Å²) >= 11 is 0. The van der Waals surface area contributed by atoms with E-state index < -0.39 is 5.82 Å². The van der Waals surface area contributed by atoms with E-state index in [1.54, 1.807) is 27.4 Å². The highest BCUT2D eigenvalue weighted by Crippen LogP contribution is 2.53. The third kappa shape index (κ3) is 4.10. The van der Waals surface area contributed by atoms with Gasteiger partial charge in [0.05, 0.1) is 58.8 Å². The van der Waals surface area contributed by atoms with Gasteiger partial charge in [0.2, 0.25) is 0 Å². The van der Waals surface area contributed by atoms with Crippen LogP contribution in [-0.2, 0) is 0 Å². The predicted molar refractivity (Wildman–Crippen MR) is 121 cm³/mol. The van der Waals surface area contributed by atoms with E-state index >= 15 is 0 Å². The number of ether oxygens (including phenoxy) is 6. The van der Waals surface area contributed by atoms with Crippen LogP contribution in [0, 0.1) is 5.82 Å². The van der Waals surface area contributed by atoms with E-state index in [4.69, 9.17) is 28.4 Å². The van der Waals surface area contributed by atoms with Crippen molar-refractivity contribution in [2.45, 2.75) is 6.92 Å². The lowest BCUT2D eigenvalue weighted by molar-refractivity contribution is 0.337. The number of hydrogen-bond donors (Lipinski definition) is 0. The predicted octanol–water partition coefficient (Wildman–Crippen LogP) is 5.60. The van der Waals surface area contributed by atoms with Gasteiger partial charge in [0.15, 0.2) is 0 Å². The number of halogens is 1. The molecular formula is C25H27FO6. The van der Waals surface area contributed by atoms with Crippen molar-refractivity contribution in [3.05, 3.63) is 48.3 Å². The Hall–Kier alpha value is -3.61. The van der Waals surface area contributed by atoms with E-state index in [0.29, 0.717) is 51.9 Å². The second-order valence-electron chi connectivity index (χ2n) is 6.68. The molecule has 7 heteroatoms. The summed E-state index contributed by atoms with van der Waals surface area (Å²) in [5.41, 5.74) is 2.50. The van der Waals surface area contributed by atoms with Gasteiger partial charge in [-0.25, -0.2) is 4.39 Å². The Kier molecular flexibility index (Phi) is 7.30. The van der Waals surface area contributed by atoms with Gasteiger partial charge in [-0.1, -0.05) is 6.07 Å². The van der Waals surface area contributed by atoms with Crippen molar-refractivity contribution in [3.8, 4) is 56.8 Å². The Morgan fingerprint density at radius 1 is 0.625 bits per heavy atom. The van der Waals surface area contributed by atoms with Crippen LogP contribution in [0.1, 0.15) is 6.92 Å². The van der Waals surface area contributed by atoms with Crippen LogP contribution in [-0.4, -0.2) is 42.2 Å². The molecule has 170 valence electrons. The van der Waals surface area contributed by atoms with Crippen LogP contribution in [0.15, 0.2) is 42.5 Å². The third-order valence-corrected chi connectivity index (χ3v) is 5.05. The molecule has 3 rings (SSSR count). The van der Waals surface area contributed by atoms with Gasteiger partial charge in [-0.2, -0.15) is 0 Å². The fourth-order valence-corrected chi connectivity index (χ4v) is 3.71. The minimum Gasteiger partial charge on any atom is -0.496 e. The maximum atomic E-state index is 14.2. The molecule has 0 unspecified atom stereocenters. The van der Waals surface area contributed by atoms with Crippen LogP contribution >= 0.6 is 0 Å². The third-order valence-electron chi connectivity index (χ3n) is 5.05. The van der Waals surface area contributed by atoms with E-state index in [9.17, 15) is 4.39 Å². The van der Waals surface area contributed by atoms with Crippen LogP contribution in [0.2, 0.25) is 0 Å². The first-order chi connectivity index (χ1) is 15.5. The molecule has 3 aromatic carbocycles. The molecule has 0 fully saturated rings. The summed E-state index contributed by atoms with van der Waals surface area (Å²) in [5, 5.41) is 0. The van der Waals surface area contributed by atoms with E-state index in [1.807, 2.05) is 31.2 Å². The first-order valence-corrected chi connectivity index (χ1v) is 10.0. The van der Waals surface area contributed by atoms with Crippen LogP contribution in [0.25, 0.3) is 22.3 Å². The molecule has 0 bridgehead atoms. The maximum Gasteiger partial charge on any atom is 0.139 e. The Balaban J connectivity index is 2.48. The van der Waals surface area contributed by atoms with Crippen molar-refractivity contribution >= 4 is 0 Å². The zero-order chi connectivity index (χ0) is 23.3. The van der Waals surface area contributed by atoms with E-state index in [0.717, 1.165) is 0 Å². The smallest absolute Gasteiger partial charge is 0.139 e. The largest absolute Gasteiger partial charge is 0.496 e. The Labute approximate surface area is 187 Å². The van der Waals surface area contributed by atoms with Crippen molar-refractivity contribution in [2.75, 3.05) is 42.2 Å². The van der Waals surface area contributed by atoms with Crippen LogP contribution in [0.5, 0.6) is 34.5 Å². The average Bonchev–Trinajstić information content (AvgIpc) is 2.82. The van der Waals surface area contributed by atoms with Gasteiger partial charge in [-0.3, -0.25) is 0 Å². The summed E-state index contributed by atoms with van der Waals surface area (Å²) < 4.78 is 48.3. The van der Waals surface area contributed by atoms with Crippen molar-refractivity contribution in [2.24, 2.45) is 0 Å². The van der Waals surface area contributed by atoms with E-state index in [-0.39, 0.29) is 11.5 Å². The molecular weight excluding hydrogens is 415 g/mol. The van der Waals surface area contributed by atoms with Crippen LogP contribution < -0.4 is 28.4 Å². The fraction of sp³-hybridized carbons (Fsp3) is 0.280. The number of methoxy groups -OCH3 is 5. The normalized spacial score (nSPS) is 10.5. The molecule has 0 aliphatic rings. The molecule has 0 N–H and O–H groups in total. The van der Waals surface area contributed by atoms with Gasteiger partial charge < -0.3 is 28.4 Å². The summed E-state index contributed by atoms with van der Waals surface area (Å²) in [6.07, 6.45) is 0. The standard InChI is InChI=1S/C25H27FO6/c1-7-32-25-16(22-17(27-2)9-8-10-18(22)28-3)11-12-19(29-4)24(25)23-20(30-5)13-15(26)14-21(23)31-6/h8-14H,7H2,1-6H3. The van der Waals surface area contributed by atoms with E-state index in [2.05, 4.69) is 0 Å². The summed E-state index contributed by atoms with van der Waals surface area (Å²) in [7, 11) is 7.68. The second-order valence-corrected chi connectivity index (χ2v) is 6.68. The molecule has 6 nitrogen and oxygen atoms in total. The minimum absolute atomic E-state index is 0.283. The van der Waals surface area contributed by atoms with Crippen LogP contribution in [0.3, 0.4) is 0 Å². The van der Waals surface area contributed by atoms with Crippen molar-refractivity contribution < 1.29 is 32.8 Å². The lowest BCUT2D eigenvalue weighted by Gasteiger charge is -2.23. The number of rotatable bonds is 9. The van der Waals surface area contributed by atoms with E-state index in [1.165, 1.54) is 26.4 Å². The average molecular weight is 442 g/mol. The molecule has 0 atom stereocenters. The van der Waals surface area contributed by atoms with Gasteiger partial charge in [0.25, 0.3) is 0 Å². The maximum absolute atomic E-state index is 14.2. The molecule has 0 aliphatic carbocycles. The van der Waals surface area contributed by atoms with Gasteiger partial charge in [0, 0.05) is 17.7 Å². The fourth-order valence-electron chi connectivity index (χ4n) is 3.71. The molecule has 0 aromatic heterocycles. The van der Waals surface area contributed by atoms with Crippen LogP contribution in [0.4, 0.5) is 4.39 Å². The molecule has 32 heavy (non-hydrogen) atoms. The van der Waals surface area contributed by atoms with Crippen molar-refractivity contribution in [1.29, 1.82) is 0 Å². The molecule has 0 amide bonds. The van der Waals surface area contributed by atoms with Gasteiger partial charge in [-0.15, -0.1) is 0 Å². The Bertz CT molecular complexity index is 1050. The summed E-state index contributed by atoms with van der Waals surface area (Å²) in [5.74, 6) is 2.31. The minimum atomic E-state index is -0.484. The zero-order valence-corrected chi connectivity index (χ0v) is 19.1. The van der Waals surface area contributed by atoms with Crippen molar-refractivity contribution in [1.82, 2.24) is 0 Å². The first kappa shape index (κ1) is 23.1. The monoisotopic (exact) mass is 442 g/mol. The molecule has 0 radical (unpaired) electrons. The second kappa shape index (κ2) is 10.1. The van der Waals surface area contributed by atoms with Gasteiger partial charge in [-0.05, 0) is 31.2 Å². The summed E-state index contributed by atoms with van der Waals surface area (Å²) in [6, 6.07) is 11.8. The molecule has 0 saturated carbocycles. The topological polar surface area (TPSA) is 55.4 Å². The number of benzene rings is 3. The molecule has 0 spiro atoms. The molecule has 3 aromatic rings. The lowest BCUT2D eigenvalue weighted by Crippen LogP contribution is -2.03. The highest BCUT2D eigenvalue weighted by atomic mass is 19.1. The molecule has 0 aliphatic heterocycles. The Morgan fingerprint density at radius 2 is 1.12 bits per heavy atom. The highest BCUT2D eigenvalue weighted by molar-refractivity contribution is 5.93. The zero-order valence-electron chi connectivity index (χ0n) is 19.1. The number of hydrogen-bond acceptors (Lipinski definition) is 6. The van der Waals surface area contributed by atoms with Crippen molar-refractivity contribution in [3.63, 3.8) is 0 Å². The SMILES string of the molecule is CCOc1c(-c2c(OC)cccc2OC)ccc(OC)c1-c1c(OC)cc(F)cc1OC. The molecule has 0 heterocycles. The highest BCUT2D eigenvalue weighted by Gasteiger charge is 2.27. The first-order valence-electron chi connectivity index (χ1n) is 10.0. The van der Waals surface area contributed by atoms with Gasteiger partial charge >= 0.3 is 0 Å². The quantitative estimate of drug-likeness (QED) is 0.430. The van der Waals surface area contributed by atoms with Gasteiger partial charge in [0.1, 0.15) is 40.3 Å². The molecule has 0 saturated heterocycles.